The van der Waals surface area contributed by atoms with Crippen molar-refractivity contribution in [1.29, 1.82) is 0 Å². The number of rotatable bonds is 9. The lowest BCUT2D eigenvalue weighted by molar-refractivity contribution is -0.143. The molecule has 0 radical (unpaired) electrons. The zero-order valence-corrected chi connectivity index (χ0v) is 27.1. The van der Waals surface area contributed by atoms with Gasteiger partial charge in [0.2, 0.25) is 0 Å². The number of hydrogen-bond donors (Lipinski definition) is 2. The quantitative estimate of drug-likeness (QED) is 0.259. The zero-order valence-electron chi connectivity index (χ0n) is 26.3. The fraction of sp³-hybridized carbons (Fsp3) is 0.581. The lowest BCUT2D eigenvalue weighted by Gasteiger charge is -2.33. The van der Waals surface area contributed by atoms with Crippen LogP contribution in [0.1, 0.15) is 63.3 Å². The Kier molecular flexibility index (Phi) is 10.9. The summed E-state index contributed by atoms with van der Waals surface area (Å²) in [6.45, 7) is 7.83. The summed E-state index contributed by atoms with van der Waals surface area (Å²) in [5.74, 6) is -1.36. The summed E-state index contributed by atoms with van der Waals surface area (Å²) >= 11 is 1.24. The van der Waals surface area contributed by atoms with Gasteiger partial charge in [-0.05, 0) is 71.2 Å². The molecule has 0 bridgehead atoms. The first-order valence-electron chi connectivity index (χ1n) is 15.0. The summed E-state index contributed by atoms with van der Waals surface area (Å²) in [6, 6.07) is 4.20. The smallest absolute Gasteiger partial charge is 0.419 e. The highest BCUT2D eigenvalue weighted by atomic mass is 32.1. The number of halogens is 3. The second-order valence-corrected chi connectivity index (χ2v) is 13.1. The largest absolute Gasteiger partial charge is 0.496 e. The number of thiazole rings is 1. The third kappa shape index (κ3) is 8.40. The number of anilines is 1. The van der Waals surface area contributed by atoms with Gasteiger partial charge in [0.05, 0.1) is 30.5 Å². The number of carbonyl (C=O) groups is 2. The second-order valence-electron chi connectivity index (χ2n) is 12.0. The van der Waals surface area contributed by atoms with Crippen molar-refractivity contribution in [3.8, 4) is 17.0 Å². The Morgan fingerprint density at radius 1 is 1.18 bits per heavy atom. The Labute approximate surface area is 265 Å². The molecule has 1 aromatic carbocycles. The maximum absolute atomic E-state index is 13.9. The minimum Gasteiger partial charge on any atom is -0.496 e. The normalized spacial score (nSPS) is 19.2. The molecule has 1 atom stereocenters. The van der Waals surface area contributed by atoms with E-state index < -0.39 is 29.2 Å². The minimum atomic E-state index is -4.62. The number of aliphatic carboxylic acids is 1. The SMILES string of the molecule is C/N=C(\C=N/C(C)(C)C(=O)Nc1nc(-c2ccc(OC)c(C(F)(F)F)c2)c(CN2CCCCC2C)s1)N1CCC(C(=O)O)CC1. The standard InChI is InChI=1S/C31H41F3N6O4S/c1-19-8-6-7-13-40(19)18-24-26(21-9-10-23(44-5)22(16-21)31(32,33)34)37-29(45-24)38-28(43)30(2,3)36-17-25(35-4)39-14-11-20(12-15-39)27(41)42/h9-10,16-17,19-20H,6-8,11-15,18H2,1-5H3,(H,41,42)(H,37,38,43)/b35-25+,36-17-. The Hall–Kier alpha value is -3.52. The number of amidine groups is 1. The number of nitrogens with one attached hydrogen (secondary N) is 1. The monoisotopic (exact) mass is 650 g/mol. The number of carboxylic acids is 1. The number of alkyl halides is 3. The number of carbonyl (C=O) groups excluding carboxylic acids is 1. The Bertz CT molecular complexity index is 1430. The Balaban J connectivity index is 1.58. The lowest BCUT2D eigenvalue weighted by atomic mass is 9.97. The number of benzene rings is 1. The van der Waals surface area contributed by atoms with E-state index in [9.17, 15) is 27.9 Å². The van der Waals surface area contributed by atoms with E-state index in [0.29, 0.717) is 50.0 Å². The number of nitrogens with zero attached hydrogens (tertiary/aromatic N) is 5. The third-order valence-electron chi connectivity index (χ3n) is 8.44. The van der Waals surface area contributed by atoms with Gasteiger partial charge in [-0.1, -0.05) is 17.8 Å². The summed E-state index contributed by atoms with van der Waals surface area (Å²) in [4.78, 5) is 43.2. The number of piperidine rings is 2. The van der Waals surface area contributed by atoms with Crippen molar-refractivity contribution < 1.29 is 32.6 Å². The van der Waals surface area contributed by atoms with E-state index in [-0.39, 0.29) is 22.4 Å². The molecule has 2 saturated heterocycles. The maximum atomic E-state index is 13.9. The van der Waals surface area contributed by atoms with E-state index in [1.807, 2.05) is 4.90 Å². The molecule has 2 aliphatic heterocycles. The molecule has 2 aliphatic rings. The van der Waals surface area contributed by atoms with Crippen LogP contribution in [0.5, 0.6) is 5.75 Å². The van der Waals surface area contributed by atoms with Crippen LogP contribution >= 0.6 is 11.3 Å². The van der Waals surface area contributed by atoms with Gasteiger partial charge in [0, 0.05) is 43.2 Å². The summed E-state index contributed by atoms with van der Waals surface area (Å²) in [5.41, 5.74) is -1.46. The molecule has 1 aromatic heterocycles. The highest BCUT2D eigenvalue weighted by Gasteiger charge is 2.35. The van der Waals surface area contributed by atoms with Crippen LogP contribution in [-0.2, 0) is 22.3 Å². The van der Waals surface area contributed by atoms with Gasteiger partial charge in [0.1, 0.15) is 17.1 Å². The van der Waals surface area contributed by atoms with Crippen LogP contribution in [-0.4, -0.2) is 89.2 Å². The number of amides is 1. The molecule has 2 fully saturated rings. The van der Waals surface area contributed by atoms with Gasteiger partial charge in [-0.15, -0.1) is 0 Å². The minimum absolute atomic E-state index is 0.266. The van der Waals surface area contributed by atoms with Crippen LogP contribution in [0.15, 0.2) is 28.2 Å². The molecule has 246 valence electrons. The molecule has 2 aromatic rings. The number of aromatic nitrogens is 1. The summed E-state index contributed by atoms with van der Waals surface area (Å²) in [5, 5.41) is 12.4. The second kappa shape index (κ2) is 14.3. The van der Waals surface area contributed by atoms with E-state index in [2.05, 4.69) is 32.1 Å². The van der Waals surface area contributed by atoms with Crippen molar-refractivity contribution in [3.05, 3.63) is 28.6 Å². The van der Waals surface area contributed by atoms with Crippen LogP contribution in [0.3, 0.4) is 0 Å². The van der Waals surface area contributed by atoms with Crippen molar-refractivity contribution in [3.63, 3.8) is 0 Å². The summed E-state index contributed by atoms with van der Waals surface area (Å²) in [6.07, 6.45) is 1.09. The number of aliphatic imine (C=N–C) groups is 2. The van der Waals surface area contributed by atoms with Crippen LogP contribution < -0.4 is 10.1 Å². The van der Waals surface area contributed by atoms with Crippen molar-refractivity contribution >= 4 is 40.4 Å². The van der Waals surface area contributed by atoms with Crippen LogP contribution in [0, 0.1) is 5.92 Å². The molecule has 3 heterocycles. The topological polar surface area (TPSA) is 120 Å². The average molecular weight is 651 g/mol. The van der Waals surface area contributed by atoms with Gasteiger partial charge in [0.15, 0.2) is 5.13 Å². The molecule has 45 heavy (non-hydrogen) atoms. The van der Waals surface area contributed by atoms with E-state index in [1.54, 1.807) is 27.0 Å². The average Bonchev–Trinajstić information content (AvgIpc) is 3.39. The molecule has 0 aliphatic carbocycles. The van der Waals surface area contributed by atoms with Gasteiger partial charge in [-0.2, -0.15) is 13.2 Å². The predicted octanol–water partition coefficient (Wildman–Crippen LogP) is 5.82. The van der Waals surface area contributed by atoms with Gasteiger partial charge < -0.3 is 14.7 Å². The molecule has 14 heteroatoms. The maximum Gasteiger partial charge on any atom is 0.419 e. The van der Waals surface area contributed by atoms with E-state index in [1.165, 1.54) is 30.7 Å². The first-order chi connectivity index (χ1) is 21.2. The number of carboxylic acid groups (broad SMARTS) is 1. The first-order valence-corrected chi connectivity index (χ1v) is 15.9. The van der Waals surface area contributed by atoms with Crippen molar-refractivity contribution in [2.45, 2.75) is 77.2 Å². The number of likely N-dealkylation sites (tertiary alicyclic amines) is 2. The molecule has 2 N–H and O–H groups in total. The zero-order chi connectivity index (χ0) is 32.9. The molecule has 10 nitrogen and oxygen atoms in total. The fourth-order valence-corrected chi connectivity index (χ4v) is 6.56. The van der Waals surface area contributed by atoms with Crippen molar-refractivity contribution in [2.24, 2.45) is 15.9 Å². The molecule has 0 spiro atoms. The molecular formula is C31H41F3N6O4S. The predicted molar refractivity (Wildman–Crippen MR) is 169 cm³/mol. The molecular weight excluding hydrogens is 609 g/mol. The van der Waals surface area contributed by atoms with Gasteiger partial charge >= 0.3 is 12.1 Å². The van der Waals surface area contributed by atoms with Crippen LogP contribution in [0.4, 0.5) is 18.3 Å². The van der Waals surface area contributed by atoms with Crippen molar-refractivity contribution in [2.75, 3.05) is 39.1 Å². The molecule has 1 unspecified atom stereocenters. The van der Waals surface area contributed by atoms with Gasteiger partial charge in [-0.3, -0.25) is 29.8 Å². The third-order valence-corrected chi connectivity index (χ3v) is 9.39. The molecule has 4 rings (SSSR count). The number of methoxy groups -OCH3 is 1. The van der Waals surface area contributed by atoms with E-state index >= 15 is 0 Å². The van der Waals surface area contributed by atoms with Gasteiger partial charge in [0.25, 0.3) is 5.91 Å². The number of ether oxygens (including phenoxy) is 1. The Morgan fingerprint density at radius 2 is 1.89 bits per heavy atom. The van der Waals surface area contributed by atoms with Gasteiger partial charge in [-0.25, -0.2) is 4.98 Å². The van der Waals surface area contributed by atoms with Crippen molar-refractivity contribution in [1.82, 2.24) is 14.8 Å². The van der Waals surface area contributed by atoms with E-state index in [4.69, 9.17) is 4.74 Å². The van der Waals surface area contributed by atoms with Crippen LogP contribution in [0.25, 0.3) is 11.3 Å². The van der Waals surface area contributed by atoms with Crippen LogP contribution in [0.2, 0.25) is 0 Å². The Morgan fingerprint density at radius 3 is 2.49 bits per heavy atom. The van der Waals surface area contributed by atoms with E-state index in [0.717, 1.165) is 36.8 Å². The summed E-state index contributed by atoms with van der Waals surface area (Å²) in [7, 11) is 2.81. The summed E-state index contributed by atoms with van der Waals surface area (Å²) < 4.78 is 46.6. The first kappa shape index (κ1) is 34.4. The molecule has 0 saturated carbocycles. The highest BCUT2D eigenvalue weighted by Crippen LogP contribution is 2.41. The fourth-order valence-electron chi connectivity index (χ4n) is 5.56. The highest BCUT2D eigenvalue weighted by molar-refractivity contribution is 7.16. The molecule has 1 amide bonds. The lowest BCUT2D eigenvalue weighted by Crippen LogP contribution is -2.42. The number of hydrogen-bond acceptors (Lipinski definition) is 8.